The van der Waals surface area contributed by atoms with Gasteiger partial charge in [0, 0.05) is 37.9 Å². The minimum atomic E-state index is 0.569. The van der Waals surface area contributed by atoms with Gasteiger partial charge in [-0.05, 0) is 12.1 Å². The van der Waals surface area contributed by atoms with Crippen LogP contribution in [-0.4, -0.2) is 23.5 Å². The molecule has 2 heterocycles. The molecule has 2 rings (SSSR count). The monoisotopic (exact) mass is 255 g/mol. The van der Waals surface area contributed by atoms with E-state index in [4.69, 9.17) is 23.1 Å². The Bertz CT molecular complexity index is 281. The number of allylic oxidation sites excluding steroid dienone is 2. The third-order valence-corrected chi connectivity index (χ3v) is 1.82. The maximum Gasteiger partial charge on any atom is 0.152 e. The quantitative estimate of drug-likeness (QED) is 0.559. The first kappa shape index (κ1) is 15.7. The molecule has 1 aliphatic heterocycles. The highest BCUT2D eigenvalue weighted by molar-refractivity contribution is 6.18. The normalized spacial score (nSPS) is 10.5. The number of hydrogen-bond acceptors (Lipinski definition) is 3. The van der Waals surface area contributed by atoms with Crippen molar-refractivity contribution in [2.45, 2.75) is 6.54 Å². The van der Waals surface area contributed by atoms with Crippen LogP contribution in [0.3, 0.4) is 0 Å². The fourth-order valence-electron chi connectivity index (χ4n) is 0.909. The Labute approximate surface area is 108 Å². The van der Waals surface area contributed by atoms with E-state index in [2.05, 4.69) is 16.1 Å². The smallest absolute Gasteiger partial charge is 0.152 e. The molecule has 1 aliphatic rings. The van der Waals surface area contributed by atoms with Gasteiger partial charge < -0.3 is 16.0 Å². The summed E-state index contributed by atoms with van der Waals surface area (Å²) >= 11 is 5.06. The summed E-state index contributed by atoms with van der Waals surface area (Å²) in [5.74, 6) is 0.569. The van der Waals surface area contributed by atoms with Crippen molar-refractivity contribution in [3.05, 3.63) is 49.1 Å². The number of halogens is 1. The van der Waals surface area contributed by atoms with Gasteiger partial charge in [-0.1, -0.05) is 0 Å². The SMILES string of the molecule is NCCCl.NCCn1cccc1.[C+]1=CC=CN1. The lowest BCUT2D eigenvalue weighted by molar-refractivity contribution is 0.713. The van der Waals surface area contributed by atoms with E-state index < -0.39 is 0 Å². The molecule has 5 heteroatoms. The Morgan fingerprint density at radius 2 is 1.82 bits per heavy atom. The van der Waals surface area contributed by atoms with Crippen LogP contribution in [0.1, 0.15) is 0 Å². The van der Waals surface area contributed by atoms with E-state index in [9.17, 15) is 0 Å². The molecule has 5 N–H and O–H groups in total. The Balaban J connectivity index is 0.000000246. The van der Waals surface area contributed by atoms with Gasteiger partial charge >= 0.3 is 0 Å². The molecular formula is C12H20ClN4+. The minimum Gasteiger partial charge on any atom is -0.353 e. The van der Waals surface area contributed by atoms with Crippen molar-refractivity contribution in [1.82, 2.24) is 9.88 Å². The summed E-state index contributed by atoms with van der Waals surface area (Å²) in [4.78, 5) is 0. The predicted octanol–water partition coefficient (Wildman–Crippen LogP) is 1.05. The van der Waals surface area contributed by atoms with Crippen LogP contribution in [0.2, 0.25) is 0 Å². The maximum absolute atomic E-state index is 5.30. The number of alkyl halides is 1. The average molecular weight is 256 g/mol. The molecule has 0 amide bonds. The fourth-order valence-corrected chi connectivity index (χ4v) is 0.909. The molecule has 0 radical (unpaired) electrons. The van der Waals surface area contributed by atoms with Crippen molar-refractivity contribution in [2.24, 2.45) is 11.5 Å². The molecule has 0 aromatic carbocycles. The number of rotatable bonds is 3. The summed E-state index contributed by atoms with van der Waals surface area (Å²) in [5, 5.41) is 2.74. The largest absolute Gasteiger partial charge is 0.353 e. The fraction of sp³-hybridized carbons (Fsp3) is 0.333. The van der Waals surface area contributed by atoms with Gasteiger partial charge in [-0.25, -0.2) is 5.32 Å². The Morgan fingerprint density at radius 1 is 1.18 bits per heavy atom. The Kier molecular flexibility index (Phi) is 11.8. The molecular weight excluding hydrogens is 236 g/mol. The van der Waals surface area contributed by atoms with Gasteiger partial charge in [0.25, 0.3) is 0 Å². The topological polar surface area (TPSA) is 69.0 Å². The molecule has 0 atom stereocenters. The summed E-state index contributed by atoms with van der Waals surface area (Å²) in [6.07, 6.45) is 12.3. The number of hydrogen-bond donors (Lipinski definition) is 3. The van der Waals surface area contributed by atoms with Crippen LogP contribution in [0.4, 0.5) is 0 Å². The molecule has 1 aromatic heterocycles. The van der Waals surface area contributed by atoms with Crippen molar-refractivity contribution in [2.75, 3.05) is 19.0 Å². The van der Waals surface area contributed by atoms with E-state index in [0.717, 1.165) is 6.54 Å². The average Bonchev–Trinajstić information content (AvgIpc) is 3.05. The lowest BCUT2D eigenvalue weighted by Gasteiger charge is -1.95. The molecule has 0 aliphatic carbocycles. The lowest BCUT2D eigenvalue weighted by atomic mass is 10.6. The van der Waals surface area contributed by atoms with Gasteiger partial charge in [0.15, 0.2) is 6.20 Å². The highest BCUT2D eigenvalue weighted by atomic mass is 35.5. The first-order valence-corrected chi connectivity index (χ1v) is 5.94. The van der Waals surface area contributed by atoms with Crippen LogP contribution < -0.4 is 16.8 Å². The Hall–Kier alpha value is -1.32. The van der Waals surface area contributed by atoms with Gasteiger partial charge in [-0.15, -0.1) is 11.6 Å². The molecule has 4 nitrogen and oxygen atoms in total. The predicted molar refractivity (Wildman–Crippen MR) is 73.3 cm³/mol. The van der Waals surface area contributed by atoms with Crippen LogP contribution in [0, 0.1) is 6.20 Å². The molecule has 0 unspecified atom stereocenters. The van der Waals surface area contributed by atoms with Crippen molar-refractivity contribution < 1.29 is 0 Å². The molecule has 0 saturated heterocycles. The van der Waals surface area contributed by atoms with Crippen LogP contribution >= 0.6 is 11.6 Å². The molecule has 0 fully saturated rings. The Morgan fingerprint density at radius 3 is 2.12 bits per heavy atom. The molecule has 0 bridgehead atoms. The van der Waals surface area contributed by atoms with E-state index in [-0.39, 0.29) is 0 Å². The van der Waals surface area contributed by atoms with Gasteiger partial charge in [0.2, 0.25) is 0 Å². The molecule has 1 aromatic rings. The summed E-state index contributed by atoms with van der Waals surface area (Å²) in [6, 6.07) is 3.99. The van der Waals surface area contributed by atoms with Crippen LogP contribution in [0.15, 0.2) is 42.9 Å². The molecule has 17 heavy (non-hydrogen) atoms. The van der Waals surface area contributed by atoms with E-state index in [1.54, 1.807) is 0 Å². The lowest BCUT2D eigenvalue weighted by Crippen LogP contribution is -2.07. The second kappa shape index (κ2) is 12.7. The maximum atomic E-state index is 5.30. The van der Waals surface area contributed by atoms with Crippen LogP contribution in [0.5, 0.6) is 0 Å². The zero-order valence-corrected chi connectivity index (χ0v) is 10.6. The van der Waals surface area contributed by atoms with Crippen molar-refractivity contribution in [1.29, 1.82) is 0 Å². The molecule has 0 spiro atoms. The minimum absolute atomic E-state index is 0.569. The summed E-state index contributed by atoms with van der Waals surface area (Å²) < 4.78 is 2.06. The number of aromatic nitrogens is 1. The van der Waals surface area contributed by atoms with Gasteiger partial charge in [0.1, 0.15) is 18.4 Å². The van der Waals surface area contributed by atoms with Gasteiger partial charge in [-0.2, -0.15) is 0 Å². The first-order valence-electron chi connectivity index (χ1n) is 5.41. The summed E-state index contributed by atoms with van der Waals surface area (Å²) in [7, 11) is 0. The van der Waals surface area contributed by atoms with Crippen LogP contribution in [0.25, 0.3) is 0 Å². The highest BCUT2D eigenvalue weighted by Gasteiger charge is 1.83. The molecule has 0 saturated carbocycles. The third kappa shape index (κ3) is 11.0. The van der Waals surface area contributed by atoms with Crippen molar-refractivity contribution >= 4 is 11.6 Å². The van der Waals surface area contributed by atoms with E-state index in [0.29, 0.717) is 19.0 Å². The summed E-state index contributed by atoms with van der Waals surface area (Å²) in [5.41, 5.74) is 10.2. The molecule has 94 valence electrons. The zero-order valence-electron chi connectivity index (χ0n) is 9.85. The highest BCUT2D eigenvalue weighted by Crippen LogP contribution is 1.86. The number of nitrogens with two attached hydrogens (primary N) is 2. The standard InChI is InChI=1S/C6H10N2.C4H4N.C2H6ClN/c7-3-6-8-4-1-2-5-8;1-2-4-5-3-1;3-1-2-4/h1-2,4-5H,3,6-7H2;1-3,5H;1-2,4H2/q;+1;. The second-order valence-electron chi connectivity index (χ2n) is 3.00. The summed E-state index contributed by atoms with van der Waals surface area (Å²) in [6.45, 7) is 2.23. The van der Waals surface area contributed by atoms with Crippen molar-refractivity contribution in [3.8, 4) is 0 Å². The van der Waals surface area contributed by atoms with Crippen LogP contribution in [-0.2, 0) is 6.54 Å². The van der Waals surface area contributed by atoms with E-state index in [1.807, 2.05) is 42.9 Å². The van der Waals surface area contributed by atoms with Gasteiger partial charge in [-0.3, -0.25) is 0 Å². The number of nitrogens with zero attached hydrogens (tertiary/aromatic N) is 1. The third-order valence-electron chi connectivity index (χ3n) is 1.61. The van der Waals surface area contributed by atoms with Crippen molar-refractivity contribution in [3.63, 3.8) is 0 Å². The van der Waals surface area contributed by atoms with Gasteiger partial charge in [0.05, 0.1) is 0 Å². The zero-order chi connectivity index (χ0) is 12.8. The first-order chi connectivity index (χ1) is 8.35. The second-order valence-corrected chi connectivity index (χ2v) is 3.38. The number of nitrogens with one attached hydrogen (secondary N) is 1. The van der Waals surface area contributed by atoms with E-state index >= 15 is 0 Å². The van der Waals surface area contributed by atoms with E-state index in [1.165, 1.54) is 0 Å².